The highest BCUT2D eigenvalue weighted by Gasteiger charge is 2.36. The summed E-state index contributed by atoms with van der Waals surface area (Å²) in [5.41, 5.74) is 0.816. The molecule has 4 nitrogen and oxygen atoms in total. The molecule has 0 radical (unpaired) electrons. The molecule has 1 aromatic carbocycles. The van der Waals surface area contributed by atoms with E-state index in [1.807, 2.05) is 27.1 Å². The van der Waals surface area contributed by atoms with Gasteiger partial charge in [0.05, 0.1) is 16.9 Å². The van der Waals surface area contributed by atoms with Gasteiger partial charge in [-0.1, -0.05) is 0 Å². The van der Waals surface area contributed by atoms with E-state index in [2.05, 4.69) is 5.10 Å². The Labute approximate surface area is 131 Å². The van der Waals surface area contributed by atoms with Gasteiger partial charge < -0.3 is 9.76 Å². The maximum absolute atomic E-state index is 13.1. The first-order valence-corrected chi connectivity index (χ1v) is 7.25. The molecule has 0 aliphatic heterocycles. The van der Waals surface area contributed by atoms with Gasteiger partial charge in [-0.2, -0.15) is 5.10 Å². The van der Waals surface area contributed by atoms with E-state index in [4.69, 9.17) is 4.65 Å². The number of hydrogen-bond donors (Lipinski definition) is 1. The lowest BCUT2D eigenvalue weighted by Gasteiger charge is -2.37. The summed E-state index contributed by atoms with van der Waals surface area (Å²) < 4.78 is 20.7. The number of aliphatic hydroxyl groups is 1. The molecule has 118 valence electrons. The number of benzene rings is 1. The Bertz CT molecular complexity index is 645. The monoisotopic (exact) mass is 304 g/mol. The molecule has 6 heteroatoms. The summed E-state index contributed by atoms with van der Waals surface area (Å²) in [5.74, 6) is -0.277. The molecule has 1 N–H and O–H groups in total. The Kier molecular flexibility index (Phi) is 4.45. The maximum atomic E-state index is 13.1. The molecule has 0 aliphatic rings. The van der Waals surface area contributed by atoms with E-state index in [-0.39, 0.29) is 5.82 Å². The molecule has 2 aromatic rings. The fraction of sp³-hybridized carbons (Fsp3) is 0.438. The van der Waals surface area contributed by atoms with Crippen LogP contribution >= 0.6 is 0 Å². The van der Waals surface area contributed by atoms with Crippen molar-refractivity contribution in [3.8, 4) is 11.3 Å². The van der Waals surface area contributed by atoms with Crippen LogP contribution in [0.3, 0.4) is 0 Å². The predicted octanol–water partition coefficient (Wildman–Crippen LogP) is 1.77. The van der Waals surface area contributed by atoms with Crippen LogP contribution in [0.4, 0.5) is 4.39 Å². The van der Waals surface area contributed by atoms with Crippen LogP contribution in [0.15, 0.2) is 30.5 Å². The average Bonchev–Trinajstić information content (AvgIpc) is 2.77. The van der Waals surface area contributed by atoms with Gasteiger partial charge in [-0.25, -0.2) is 4.39 Å². The molecule has 22 heavy (non-hydrogen) atoms. The maximum Gasteiger partial charge on any atom is 0.313 e. The van der Waals surface area contributed by atoms with Gasteiger partial charge in [0.1, 0.15) is 5.82 Å². The molecule has 0 saturated carbocycles. The van der Waals surface area contributed by atoms with Gasteiger partial charge in [0.25, 0.3) is 0 Å². The number of halogens is 1. The van der Waals surface area contributed by atoms with Crippen molar-refractivity contribution in [3.63, 3.8) is 0 Å². The lowest BCUT2D eigenvalue weighted by atomic mass is 9.82. The van der Waals surface area contributed by atoms with Crippen LogP contribution in [0.5, 0.6) is 0 Å². The SMILES string of the molecule is Cn1cc(BOC(C)(C)C(C)(C)O)c(-c2ccc(F)cc2)n1. The standard InChI is InChI=1S/C16H22BFN2O2/c1-15(2,21)16(3,4)22-17-13-10-20(5)19-14(13)11-6-8-12(18)9-7-11/h6-10,17,21H,1-5H3. The predicted molar refractivity (Wildman–Crippen MR) is 86.8 cm³/mol. The second-order valence-electron chi connectivity index (χ2n) is 6.54. The first-order valence-electron chi connectivity index (χ1n) is 7.25. The summed E-state index contributed by atoms with van der Waals surface area (Å²) in [6, 6.07) is 6.22. The molecule has 0 spiro atoms. The van der Waals surface area contributed by atoms with Crippen molar-refractivity contribution in [2.45, 2.75) is 38.9 Å². The van der Waals surface area contributed by atoms with Crippen LogP contribution in [0, 0.1) is 5.82 Å². The third kappa shape index (κ3) is 3.57. The number of hydrogen-bond acceptors (Lipinski definition) is 3. The van der Waals surface area contributed by atoms with Crippen LogP contribution in [-0.4, -0.2) is 33.6 Å². The minimum atomic E-state index is -0.967. The van der Waals surface area contributed by atoms with Gasteiger partial charge in [-0.15, -0.1) is 0 Å². The van der Waals surface area contributed by atoms with Gasteiger partial charge in [-0.3, -0.25) is 4.68 Å². The minimum Gasteiger partial charge on any atom is -0.427 e. The third-order valence-corrected chi connectivity index (χ3v) is 4.08. The molecule has 0 amide bonds. The summed E-state index contributed by atoms with van der Waals surface area (Å²) in [4.78, 5) is 0. The lowest BCUT2D eigenvalue weighted by Crippen LogP contribution is -2.49. The Morgan fingerprint density at radius 2 is 1.77 bits per heavy atom. The molecule has 0 saturated heterocycles. The summed E-state index contributed by atoms with van der Waals surface area (Å²) in [6.07, 6.45) is 1.87. The Morgan fingerprint density at radius 3 is 2.32 bits per heavy atom. The van der Waals surface area contributed by atoms with E-state index in [0.29, 0.717) is 7.48 Å². The van der Waals surface area contributed by atoms with E-state index in [1.165, 1.54) is 12.1 Å². The van der Waals surface area contributed by atoms with Crippen molar-refractivity contribution in [1.29, 1.82) is 0 Å². The van der Waals surface area contributed by atoms with E-state index in [9.17, 15) is 9.50 Å². The zero-order valence-corrected chi connectivity index (χ0v) is 13.7. The molecule has 0 bridgehead atoms. The molecule has 1 heterocycles. The summed E-state index contributed by atoms with van der Waals surface area (Å²) >= 11 is 0. The number of aromatic nitrogens is 2. The Hall–Kier alpha value is -1.66. The van der Waals surface area contributed by atoms with Crippen molar-refractivity contribution in [1.82, 2.24) is 9.78 Å². The van der Waals surface area contributed by atoms with Crippen LogP contribution in [0.2, 0.25) is 0 Å². The minimum absolute atomic E-state index is 0.277. The fourth-order valence-corrected chi connectivity index (χ4v) is 1.93. The average molecular weight is 304 g/mol. The van der Waals surface area contributed by atoms with Gasteiger partial charge in [0, 0.05) is 18.8 Å². The largest absolute Gasteiger partial charge is 0.427 e. The molecule has 0 atom stereocenters. The zero-order chi connectivity index (χ0) is 16.5. The van der Waals surface area contributed by atoms with Crippen molar-refractivity contribution in [2.75, 3.05) is 0 Å². The molecule has 1 aromatic heterocycles. The van der Waals surface area contributed by atoms with Crippen LogP contribution in [-0.2, 0) is 11.7 Å². The molecular weight excluding hydrogens is 282 g/mol. The Morgan fingerprint density at radius 1 is 1.18 bits per heavy atom. The lowest BCUT2D eigenvalue weighted by molar-refractivity contribution is -0.0893. The second kappa shape index (κ2) is 5.86. The molecule has 2 rings (SSSR count). The van der Waals surface area contributed by atoms with Gasteiger partial charge in [-0.05, 0) is 57.4 Å². The summed E-state index contributed by atoms with van der Waals surface area (Å²) in [5, 5.41) is 14.6. The molecular formula is C16H22BFN2O2. The summed E-state index contributed by atoms with van der Waals surface area (Å²) in [6.45, 7) is 7.14. The van der Waals surface area contributed by atoms with Crippen molar-refractivity contribution >= 4 is 12.9 Å². The highest BCUT2D eigenvalue weighted by atomic mass is 19.1. The van der Waals surface area contributed by atoms with Gasteiger partial charge >= 0.3 is 7.48 Å². The van der Waals surface area contributed by atoms with Crippen LogP contribution in [0.25, 0.3) is 11.3 Å². The van der Waals surface area contributed by atoms with Gasteiger partial charge in [0.15, 0.2) is 0 Å². The zero-order valence-electron chi connectivity index (χ0n) is 13.7. The van der Waals surface area contributed by atoms with E-state index in [1.54, 1.807) is 30.7 Å². The first kappa shape index (κ1) is 16.7. The number of aryl methyl sites for hydroxylation is 1. The smallest absolute Gasteiger partial charge is 0.313 e. The van der Waals surface area contributed by atoms with E-state index >= 15 is 0 Å². The van der Waals surface area contributed by atoms with Crippen LogP contribution in [0.1, 0.15) is 27.7 Å². The van der Waals surface area contributed by atoms with Crippen molar-refractivity contribution in [3.05, 3.63) is 36.3 Å². The number of nitrogens with zero attached hydrogens (tertiary/aromatic N) is 2. The molecule has 0 fully saturated rings. The first-order chi connectivity index (χ1) is 10.1. The fourth-order valence-electron chi connectivity index (χ4n) is 1.93. The molecule has 0 unspecified atom stereocenters. The Balaban J connectivity index is 2.24. The third-order valence-electron chi connectivity index (χ3n) is 4.08. The highest BCUT2D eigenvalue weighted by molar-refractivity contribution is 6.49. The van der Waals surface area contributed by atoms with E-state index in [0.717, 1.165) is 16.7 Å². The highest BCUT2D eigenvalue weighted by Crippen LogP contribution is 2.24. The second-order valence-corrected chi connectivity index (χ2v) is 6.54. The van der Waals surface area contributed by atoms with Gasteiger partial charge in [0.2, 0.25) is 0 Å². The molecule has 0 aliphatic carbocycles. The number of rotatable bonds is 5. The van der Waals surface area contributed by atoms with E-state index < -0.39 is 11.2 Å². The van der Waals surface area contributed by atoms with Crippen LogP contribution < -0.4 is 5.46 Å². The quantitative estimate of drug-likeness (QED) is 0.857. The van der Waals surface area contributed by atoms with Crippen molar-refractivity contribution in [2.24, 2.45) is 7.05 Å². The summed E-state index contributed by atoms with van der Waals surface area (Å²) in [7, 11) is 2.15. The topological polar surface area (TPSA) is 47.3 Å². The van der Waals surface area contributed by atoms with Crippen molar-refractivity contribution < 1.29 is 14.2 Å². The normalized spacial score (nSPS) is 12.5.